The largest absolute Gasteiger partial charge is 0.494 e. The van der Waals surface area contributed by atoms with E-state index in [1.807, 2.05) is 49.5 Å². The lowest BCUT2D eigenvalue weighted by Crippen LogP contribution is -2.41. The number of benzene rings is 10. The predicted octanol–water partition coefficient (Wildman–Crippen LogP) is 17.2. The van der Waals surface area contributed by atoms with Crippen LogP contribution >= 0.6 is 31.9 Å². The van der Waals surface area contributed by atoms with Crippen LogP contribution in [-0.2, 0) is 30.5 Å². The summed E-state index contributed by atoms with van der Waals surface area (Å²) in [6.45, 7) is 8.28. The molecule has 10 aromatic carbocycles. The van der Waals surface area contributed by atoms with Crippen molar-refractivity contribution in [2.75, 3.05) is 0 Å². The van der Waals surface area contributed by atoms with E-state index in [4.69, 9.17) is 24.3 Å². The Bertz CT molecular complexity index is 4370. The first-order valence-electron chi connectivity index (χ1n) is 26.5. The van der Waals surface area contributed by atoms with Gasteiger partial charge >= 0.3 is 7.12 Å². The zero-order valence-corrected chi connectivity index (χ0v) is 48.3. The zero-order chi connectivity index (χ0) is 54.6. The number of halogens is 2. The molecule has 13 aromatic rings. The maximum absolute atomic E-state index is 6.12. The van der Waals surface area contributed by atoms with Gasteiger partial charge in [-0.1, -0.05) is 190 Å². The summed E-state index contributed by atoms with van der Waals surface area (Å²) < 4.78 is 21.0. The third kappa shape index (κ3) is 10.0. The first-order valence-corrected chi connectivity index (χ1v) is 28.1. The highest BCUT2D eigenvalue weighted by molar-refractivity contribution is 9.11. The number of nitrogens with zero attached hydrogens (tertiary/aromatic N) is 6. The van der Waals surface area contributed by atoms with Crippen LogP contribution in [0.2, 0.25) is 0 Å². The second-order valence-electron chi connectivity index (χ2n) is 21.2. The summed E-state index contributed by atoms with van der Waals surface area (Å²) in [6, 6.07) is 76.3. The molecule has 388 valence electrons. The van der Waals surface area contributed by atoms with Gasteiger partial charge in [0.25, 0.3) is 0 Å². The zero-order valence-electron chi connectivity index (χ0n) is 45.1. The summed E-state index contributed by atoms with van der Waals surface area (Å²) in [6.07, 6.45) is 0. The molecule has 0 radical (unpaired) electrons. The lowest BCUT2D eigenvalue weighted by atomic mass is 9.79. The van der Waals surface area contributed by atoms with E-state index in [2.05, 4.69) is 263 Å². The van der Waals surface area contributed by atoms with Crippen molar-refractivity contribution in [1.82, 2.24) is 28.7 Å². The van der Waals surface area contributed by atoms with Gasteiger partial charge in [-0.15, -0.1) is 0 Å². The summed E-state index contributed by atoms with van der Waals surface area (Å²) >= 11 is 6.95. The van der Waals surface area contributed by atoms with Crippen molar-refractivity contribution in [2.45, 2.75) is 38.9 Å². The molecule has 0 N–H and O–H groups in total. The Labute approximate surface area is 477 Å². The summed E-state index contributed by atoms with van der Waals surface area (Å²) in [7, 11) is 5.87. The van der Waals surface area contributed by atoms with Crippen LogP contribution < -0.4 is 5.46 Å². The first-order chi connectivity index (χ1) is 38.2. The molecule has 0 spiro atoms. The predicted molar refractivity (Wildman–Crippen MR) is 335 cm³/mol. The molecule has 1 aliphatic rings. The van der Waals surface area contributed by atoms with Gasteiger partial charge in [-0.3, -0.25) is 0 Å². The molecule has 1 aliphatic heterocycles. The average molecular weight is 1160 g/mol. The van der Waals surface area contributed by atoms with Crippen LogP contribution in [0.5, 0.6) is 0 Å². The van der Waals surface area contributed by atoms with Crippen LogP contribution in [0.1, 0.15) is 27.7 Å². The highest BCUT2D eigenvalue weighted by Gasteiger charge is 2.51. The van der Waals surface area contributed by atoms with E-state index in [1.165, 1.54) is 43.8 Å². The lowest BCUT2D eigenvalue weighted by molar-refractivity contribution is 0.00578. The molecule has 3 aromatic heterocycles. The van der Waals surface area contributed by atoms with E-state index in [1.54, 1.807) is 0 Å². The second-order valence-corrected chi connectivity index (χ2v) is 22.9. The molecular weight excluding hydrogens is 1100 g/mol. The van der Waals surface area contributed by atoms with E-state index in [0.717, 1.165) is 81.7 Å². The van der Waals surface area contributed by atoms with Crippen molar-refractivity contribution >= 4 is 99.1 Å². The number of rotatable bonds is 6. The van der Waals surface area contributed by atoms with Gasteiger partial charge in [0.15, 0.2) is 0 Å². The van der Waals surface area contributed by atoms with Crippen molar-refractivity contribution in [3.05, 3.63) is 227 Å². The molecular formula is C68H57BBr2N6O2. The molecule has 8 nitrogen and oxygen atoms in total. The third-order valence-corrected chi connectivity index (χ3v) is 16.8. The number of fused-ring (bicyclic) bond motifs is 5. The maximum atomic E-state index is 6.12. The second kappa shape index (κ2) is 21.0. The molecule has 14 rings (SSSR count). The quantitative estimate of drug-likeness (QED) is 0.155. The van der Waals surface area contributed by atoms with Crippen LogP contribution in [0.4, 0.5) is 0 Å². The number of para-hydroxylation sites is 6. The van der Waals surface area contributed by atoms with Gasteiger partial charge in [0.2, 0.25) is 0 Å². The Morgan fingerprint density at radius 3 is 1.28 bits per heavy atom. The Balaban J connectivity index is 0.000000141. The molecule has 1 saturated heterocycles. The van der Waals surface area contributed by atoms with E-state index in [0.29, 0.717) is 0 Å². The Morgan fingerprint density at radius 2 is 0.785 bits per heavy atom. The average Bonchev–Trinajstić information content (AvgIpc) is 4.18. The van der Waals surface area contributed by atoms with Crippen LogP contribution in [0.15, 0.2) is 227 Å². The molecule has 4 heterocycles. The van der Waals surface area contributed by atoms with E-state index < -0.39 is 0 Å². The fourth-order valence-corrected chi connectivity index (χ4v) is 11.4. The van der Waals surface area contributed by atoms with Crippen LogP contribution in [0, 0.1) is 0 Å². The first kappa shape index (κ1) is 51.8. The van der Waals surface area contributed by atoms with Gasteiger partial charge in [-0.05, 0) is 138 Å². The van der Waals surface area contributed by atoms with Gasteiger partial charge in [-0.2, -0.15) is 0 Å². The minimum absolute atomic E-state index is 0.326. The van der Waals surface area contributed by atoms with Crippen molar-refractivity contribution in [2.24, 2.45) is 21.1 Å². The van der Waals surface area contributed by atoms with E-state index >= 15 is 0 Å². The fraction of sp³-hybridized carbons (Fsp3) is 0.132. The molecule has 1 fully saturated rings. The number of hydrogen-bond acceptors (Lipinski definition) is 5. The van der Waals surface area contributed by atoms with Crippen LogP contribution in [-0.4, -0.2) is 47.0 Å². The van der Waals surface area contributed by atoms with Crippen LogP contribution in [0.25, 0.3) is 111 Å². The minimum Gasteiger partial charge on any atom is -0.399 e. The van der Waals surface area contributed by atoms with Gasteiger partial charge in [0.05, 0.1) is 44.3 Å². The number of aryl methyl sites for hydroxylation is 3. The summed E-state index contributed by atoms with van der Waals surface area (Å²) in [5, 5.41) is 4.97. The Morgan fingerprint density at radius 1 is 0.380 bits per heavy atom. The summed E-state index contributed by atoms with van der Waals surface area (Å²) in [4.78, 5) is 14.5. The van der Waals surface area contributed by atoms with Gasteiger partial charge in [0.1, 0.15) is 17.5 Å². The maximum Gasteiger partial charge on any atom is 0.494 e. The summed E-state index contributed by atoms with van der Waals surface area (Å²) in [5.41, 5.74) is 15.0. The monoisotopic (exact) mass is 1160 g/mol. The van der Waals surface area contributed by atoms with Gasteiger partial charge in [-0.25, -0.2) is 15.0 Å². The third-order valence-electron chi connectivity index (χ3n) is 15.7. The molecule has 11 heteroatoms. The lowest BCUT2D eigenvalue weighted by Gasteiger charge is -2.32. The number of imidazole rings is 3. The number of aromatic nitrogens is 6. The smallest absolute Gasteiger partial charge is 0.399 e. The van der Waals surface area contributed by atoms with Crippen molar-refractivity contribution in [3.8, 4) is 56.4 Å². The number of hydrogen-bond donors (Lipinski definition) is 0. The van der Waals surface area contributed by atoms with E-state index in [-0.39, 0.29) is 18.3 Å². The van der Waals surface area contributed by atoms with Crippen molar-refractivity contribution in [1.29, 1.82) is 0 Å². The van der Waals surface area contributed by atoms with Crippen molar-refractivity contribution in [3.63, 3.8) is 0 Å². The molecule has 0 amide bonds. The molecule has 0 atom stereocenters. The highest BCUT2D eigenvalue weighted by Crippen LogP contribution is 2.38. The Kier molecular flexibility index (Phi) is 13.8. The molecule has 79 heavy (non-hydrogen) atoms. The summed E-state index contributed by atoms with van der Waals surface area (Å²) in [5.74, 6) is 2.92. The van der Waals surface area contributed by atoms with Crippen molar-refractivity contribution < 1.29 is 9.31 Å². The molecule has 0 bridgehead atoms. The SMILES string of the molecule is Brc1ccc2c(Br)cccc2c1.Cn1c(-c2ccc(-c3ccc4c(-c5ccc(-c6nc7ccccc7n6C)cc5)cccc4c3)cc2)nc2ccccc21.Cn1c(-c2ccc(B3OC(C)(C)C(C)(C)O3)cc2)nc2ccccc21. The van der Waals surface area contributed by atoms with Crippen LogP contribution in [0.3, 0.4) is 0 Å². The molecule has 0 aliphatic carbocycles. The molecule has 0 unspecified atom stereocenters. The highest BCUT2D eigenvalue weighted by atomic mass is 79.9. The normalized spacial score (nSPS) is 13.7. The minimum atomic E-state index is -0.334. The standard InChI is InChI=1S/C38H28N4.C20H23BN2O2.C10H6Br2/c1-41-35-12-5-3-10-33(35)39-37(41)27-18-14-25(15-19-27)29-22-23-32-30(24-29)8-7-9-31(32)26-16-20-28(21-17-26)38-40-34-11-4-6-13-36(34)42(38)2;1-19(2)20(3,4)25-21(24-19)15-12-10-14(11-13-15)18-22-16-8-6-7-9-17(16)23(18)5;11-8-4-5-9-7(6-8)2-1-3-10(9)12/h3-24H,1-2H3;6-13H,1-5H3;1-6H. The molecule has 0 saturated carbocycles. The van der Waals surface area contributed by atoms with Gasteiger partial charge < -0.3 is 23.0 Å². The topological polar surface area (TPSA) is 71.9 Å². The van der Waals surface area contributed by atoms with Gasteiger partial charge in [0, 0.05) is 46.8 Å². The van der Waals surface area contributed by atoms with E-state index in [9.17, 15) is 0 Å². The Hall–Kier alpha value is -7.93. The fourth-order valence-electron chi connectivity index (χ4n) is 10.5.